The lowest BCUT2D eigenvalue weighted by Crippen LogP contribution is -2.37. The summed E-state index contributed by atoms with van der Waals surface area (Å²) in [4.78, 5) is 17.2. The van der Waals surface area contributed by atoms with Crippen LogP contribution in [0.2, 0.25) is 5.02 Å². The van der Waals surface area contributed by atoms with Crippen molar-refractivity contribution in [2.45, 2.75) is 19.8 Å². The first-order chi connectivity index (χ1) is 15.5. The molecule has 1 fully saturated rings. The molecule has 0 amide bonds. The van der Waals surface area contributed by atoms with Gasteiger partial charge in [-0.15, -0.1) is 0 Å². The molecule has 32 heavy (non-hydrogen) atoms. The number of anilines is 2. The topological polar surface area (TPSA) is 72.4 Å². The molecule has 0 bridgehead atoms. The van der Waals surface area contributed by atoms with Gasteiger partial charge >= 0.3 is 0 Å². The first kappa shape index (κ1) is 20.6. The number of ketones is 1. The van der Waals surface area contributed by atoms with Crippen LogP contribution in [0.3, 0.4) is 0 Å². The third kappa shape index (κ3) is 3.84. The van der Waals surface area contributed by atoms with Gasteiger partial charge in [0.25, 0.3) is 0 Å². The van der Waals surface area contributed by atoms with Gasteiger partial charge < -0.3 is 15.5 Å². The fraction of sp³-hybridized carbons (Fsp3) is 0.231. The molecular formula is C26H25ClN4O. The molecule has 5 nitrogen and oxygen atoms in total. The van der Waals surface area contributed by atoms with E-state index in [1.54, 1.807) is 18.3 Å². The molecule has 2 unspecified atom stereocenters. The third-order valence-corrected chi connectivity index (χ3v) is 6.78. The highest BCUT2D eigenvalue weighted by molar-refractivity contribution is 6.30. The van der Waals surface area contributed by atoms with Gasteiger partial charge in [0.2, 0.25) is 0 Å². The molecule has 3 N–H and O–H groups in total. The third-order valence-electron chi connectivity index (χ3n) is 6.53. The van der Waals surface area contributed by atoms with E-state index in [-0.39, 0.29) is 11.7 Å². The lowest BCUT2D eigenvalue weighted by atomic mass is 9.70. The largest absolute Gasteiger partial charge is 0.398 e. The van der Waals surface area contributed by atoms with E-state index < -0.39 is 0 Å². The minimum Gasteiger partial charge on any atom is -0.398 e. The molecule has 1 aliphatic rings. The van der Waals surface area contributed by atoms with Gasteiger partial charge in [-0.05, 0) is 73.7 Å². The molecule has 0 saturated heterocycles. The predicted molar refractivity (Wildman–Crippen MR) is 130 cm³/mol. The van der Waals surface area contributed by atoms with E-state index in [2.05, 4.69) is 41.6 Å². The highest BCUT2D eigenvalue weighted by atomic mass is 35.5. The number of pyridine rings is 1. The molecule has 6 heteroatoms. The normalized spacial score (nSPS) is 17.8. The molecule has 2 atom stereocenters. The van der Waals surface area contributed by atoms with Crippen molar-refractivity contribution in [3.63, 3.8) is 0 Å². The van der Waals surface area contributed by atoms with Crippen molar-refractivity contribution in [1.82, 2.24) is 9.38 Å². The number of aryl methyl sites for hydroxylation is 1. The Kier molecular flexibility index (Phi) is 5.35. The van der Waals surface area contributed by atoms with E-state index in [0.29, 0.717) is 10.9 Å². The van der Waals surface area contributed by atoms with Crippen LogP contribution in [0.5, 0.6) is 0 Å². The molecule has 0 radical (unpaired) electrons. The molecule has 1 aliphatic carbocycles. The predicted octanol–water partition coefficient (Wildman–Crippen LogP) is 5.87. The van der Waals surface area contributed by atoms with E-state index in [4.69, 9.17) is 17.3 Å². The van der Waals surface area contributed by atoms with Crippen molar-refractivity contribution >= 4 is 34.4 Å². The highest BCUT2D eigenvalue weighted by Gasteiger charge is 2.36. The van der Waals surface area contributed by atoms with Gasteiger partial charge in [0.1, 0.15) is 5.65 Å². The van der Waals surface area contributed by atoms with Crippen molar-refractivity contribution < 1.29 is 4.79 Å². The molecule has 4 aromatic rings. The summed E-state index contributed by atoms with van der Waals surface area (Å²) in [6, 6.07) is 15.3. The number of hydrogen-bond acceptors (Lipinski definition) is 4. The smallest absolute Gasteiger partial charge is 0.166 e. The van der Waals surface area contributed by atoms with Crippen LogP contribution in [0, 0.1) is 18.8 Å². The van der Waals surface area contributed by atoms with Gasteiger partial charge in [-0.25, -0.2) is 4.98 Å². The molecule has 0 aliphatic heterocycles. The Morgan fingerprint density at radius 1 is 1.16 bits per heavy atom. The number of nitrogens with one attached hydrogen (secondary N) is 1. The Labute approximate surface area is 192 Å². The number of nitrogens with two attached hydrogens (primary N) is 1. The lowest BCUT2D eigenvalue weighted by molar-refractivity contribution is 0.0755. The number of hydrogen-bond donors (Lipinski definition) is 2. The van der Waals surface area contributed by atoms with Gasteiger partial charge in [-0.3, -0.25) is 4.79 Å². The van der Waals surface area contributed by atoms with E-state index >= 15 is 0 Å². The Bertz CT molecular complexity index is 1300. The average Bonchev–Trinajstić information content (AvgIpc) is 3.20. The fourth-order valence-corrected chi connectivity index (χ4v) is 4.62. The van der Waals surface area contributed by atoms with E-state index in [9.17, 15) is 4.79 Å². The number of aromatic nitrogens is 2. The van der Waals surface area contributed by atoms with Gasteiger partial charge in [-0.2, -0.15) is 0 Å². The second kappa shape index (κ2) is 8.32. The monoisotopic (exact) mass is 444 g/mol. The van der Waals surface area contributed by atoms with Crippen LogP contribution in [-0.2, 0) is 0 Å². The SMILES string of the molecule is Cc1cc2nccn2cc1-c1ccc(NCC2CCC2C(=O)c2ccc(Cl)cc2)cc1N. The van der Waals surface area contributed by atoms with Crippen molar-refractivity contribution in [1.29, 1.82) is 0 Å². The number of imidazole rings is 1. The minimum atomic E-state index is 0.0600. The molecule has 162 valence electrons. The van der Waals surface area contributed by atoms with E-state index in [1.165, 1.54) is 0 Å². The molecular weight excluding hydrogens is 420 g/mol. The summed E-state index contributed by atoms with van der Waals surface area (Å²) < 4.78 is 2.00. The Morgan fingerprint density at radius 3 is 2.69 bits per heavy atom. The zero-order valence-corrected chi connectivity index (χ0v) is 18.6. The second-order valence-corrected chi connectivity index (χ2v) is 9.00. The minimum absolute atomic E-state index is 0.0600. The maximum absolute atomic E-state index is 12.8. The number of benzene rings is 2. The van der Waals surface area contributed by atoms with Gasteiger partial charge in [0, 0.05) is 64.1 Å². The van der Waals surface area contributed by atoms with Crippen molar-refractivity contribution in [2.24, 2.45) is 11.8 Å². The Hall–Kier alpha value is -3.31. The Morgan fingerprint density at radius 2 is 1.97 bits per heavy atom. The average molecular weight is 445 g/mol. The summed E-state index contributed by atoms with van der Waals surface area (Å²) in [5.41, 5.74) is 13.0. The molecule has 2 heterocycles. The molecule has 2 aromatic carbocycles. The standard InChI is InChI=1S/C26H25ClN4O/c1-16-12-25-29-10-11-31(25)15-23(16)22-9-7-20(13-24(22)28)30-14-18-4-8-21(18)26(32)17-2-5-19(27)6-3-17/h2-3,5-7,9-13,15,18,21,30H,4,8,14,28H2,1H3. The number of fused-ring (bicyclic) bond motifs is 1. The molecule has 2 aromatic heterocycles. The van der Waals surface area contributed by atoms with Gasteiger partial charge in [0.15, 0.2) is 5.78 Å². The summed E-state index contributed by atoms with van der Waals surface area (Å²) in [6.45, 7) is 2.83. The van der Waals surface area contributed by atoms with Crippen LogP contribution in [0.1, 0.15) is 28.8 Å². The van der Waals surface area contributed by atoms with Crippen LogP contribution < -0.4 is 11.1 Å². The maximum Gasteiger partial charge on any atom is 0.166 e. The van der Waals surface area contributed by atoms with Crippen molar-refractivity contribution in [3.8, 4) is 11.1 Å². The first-order valence-electron chi connectivity index (χ1n) is 10.9. The van der Waals surface area contributed by atoms with Crippen LogP contribution in [0.15, 0.2) is 67.1 Å². The number of nitrogen functional groups attached to an aromatic ring is 1. The molecule has 1 saturated carbocycles. The number of carbonyl (C=O) groups excluding carboxylic acids is 1. The number of carbonyl (C=O) groups is 1. The molecule has 0 spiro atoms. The van der Waals surface area contributed by atoms with Crippen LogP contribution in [-0.4, -0.2) is 21.7 Å². The van der Waals surface area contributed by atoms with Gasteiger partial charge in [-0.1, -0.05) is 17.7 Å². The number of halogens is 1. The van der Waals surface area contributed by atoms with Crippen LogP contribution in [0.25, 0.3) is 16.8 Å². The number of nitrogens with zero attached hydrogens (tertiary/aromatic N) is 2. The summed E-state index contributed by atoms with van der Waals surface area (Å²) >= 11 is 5.95. The fourth-order valence-electron chi connectivity index (χ4n) is 4.49. The summed E-state index contributed by atoms with van der Waals surface area (Å²) in [5, 5.41) is 4.13. The summed E-state index contributed by atoms with van der Waals surface area (Å²) in [5.74, 6) is 0.592. The zero-order chi connectivity index (χ0) is 22.2. The highest BCUT2D eigenvalue weighted by Crippen LogP contribution is 2.37. The lowest BCUT2D eigenvalue weighted by Gasteiger charge is -2.36. The maximum atomic E-state index is 12.8. The zero-order valence-electron chi connectivity index (χ0n) is 17.9. The quantitative estimate of drug-likeness (QED) is 0.288. The summed E-state index contributed by atoms with van der Waals surface area (Å²) in [7, 11) is 0. The first-order valence-corrected chi connectivity index (χ1v) is 11.2. The number of Topliss-reactive ketones (excluding diaryl/α,β-unsaturated/α-hetero) is 1. The number of rotatable bonds is 6. The van der Waals surface area contributed by atoms with Crippen LogP contribution >= 0.6 is 11.6 Å². The van der Waals surface area contributed by atoms with E-state index in [0.717, 1.165) is 58.7 Å². The summed E-state index contributed by atoms with van der Waals surface area (Å²) in [6.07, 6.45) is 7.78. The Balaban J connectivity index is 1.27. The second-order valence-electron chi connectivity index (χ2n) is 8.56. The van der Waals surface area contributed by atoms with E-state index in [1.807, 2.05) is 28.8 Å². The van der Waals surface area contributed by atoms with Crippen LogP contribution in [0.4, 0.5) is 11.4 Å². The van der Waals surface area contributed by atoms with Crippen molar-refractivity contribution in [3.05, 3.63) is 83.3 Å². The van der Waals surface area contributed by atoms with Crippen molar-refractivity contribution in [2.75, 3.05) is 17.6 Å². The molecule has 5 rings (SSSR count). The van der Waals surface area contributed by atoms with Gasteiger partial charge in [0.05, 0.1) is 0 Å².